The van der Waals surface area contributed by atoms with Crippen LogP contribution in [0.1, 0.15) is 55.5 Å². The summed E-state index contributed by atoms with van der Waals surface area (Å²) in [4.78, 5) is 2.92. The van der Waals surface area contributed by atoms with E-state index < -0.39 is 0 Å². The lowest BCUT2D eigenvalue weighted by Gasteiger charge is -2.30. The first kappa shape index (κ1) is 14.9. The van der Waals surface area contributed by atoms with E-state index in [0.717, 1.165) is 12.2 Å². The molecule has 2 aliphatic heterocycles. The molecule has 2 aliphatic rings. The summed E-state index contributed by atoms with van der Waals surface area (Å²) < 4.78 is 6.21. The van der Waals surface area contributed by atoms with Gasteiger partial charge in [0.2, 0.25) is 0 Å². The minimum atomic E-state index is -0.137. The van der Waals surface area contributed by atoms with Gasteiger partial charge in [0.05, 0.1) is 11.2 Å². The molecule has 0 amide bonds. The number of aryl methyl sites for hydroxylation is 1. The van der Waals surface area contributed by atoms with E-state index in [2.05, 4.69) is 33.8 Å². The molecule has 1 fully saturated rings. The quantitative estimate of drug-likeness (QED) is 0.892. The van der Waals surface area contributed by atoms with Gasteiger partial charge in [0.25, 0.3) is 0 Å². The average molecular weight is 312 g/mol. The van der Waals surface area contributed by atoms with Gasteiger partial charge in [-0.15, -0.1) is 11.3 Å². The molecule has 3 heterocycles. The molecule has 1 saturated heterocycles. The Hall–Kier alpha value is -0.0300. The van der Waals surface area contributed by atoms with Crippen LogP contribution >= 0.6 is 23.1 Å². The molecule has 0 spiro atoms. The van der Waals surface area contributed by atoms with Gasteiger partial charge < -0.3 is 10.5 Å². The van der Waals surface area contributed by atoms with Gasteiger partial charge in [0.1, 0.15) is 0 Å². The van der Waals surface area contributed by atoms with Gasteiger partial charge in [-0.25, -0.2) is 0 Å². The van der Waals surface area contributed by atoms with Gasteiger partial charge in [0, 0.05) is 27.5 Å². The maximum atomic E-state index is 6.63. The second-order valence-electron chi connectivity index (χ2n) is 7.20. The van der Waals surface area contributed by atoms with Crippen LogP contribution in [0.25, 0.3) is 0 Å². The lowest BCUT2D eigenvalue weighted by Crippen LogP contribution is -2.35. The highest BCUT2D eigenvalue weighted by Gasteiger charge is 2.48. The molecule has 2 unspecified atom stereocenters. The third-order valence-electron chi connectivity index (χ3n) is 4.55. The van der Waals surface area contributed by atoms with Crippen LogP contribution in [0.5, 0.6) is 0 Å². The van der Waals surface area contributed by atoms with Crippen molar-refractivity contribution in [3.8, 4) is 0 Å². The molecule has 112 valence electrons. The smallest absolute Gasteiger partial charge is 0.0681 e. The van der Waals surface area contributed by atoms with Crippen molar-refractivity contribution in [1.82, 2.24) is 0 Å². The van der Waals surface area contributed by atoms with Crippen LogP contribution < -0.4 is 5.73 Å². The van der Waals surface area contributed by atoms with E-state index in [-0.39, 0.29) is 17.2 Å². The third-order valence-corrected chi connectivity index (χ3v) is 6.90. The lowest BCUT2D eigenvalue weighted by molar-refractivity contribution is -0.0766. The normalized spacial score (nSPS) is 29.1. The monoisotopic (exact) mass is 311 g/mol. The second kappa shape index (κ2) is 5.01. The molecule has 3 rings (SSSR count). The Bertz CT molecular complexity index is 483. The number of hydrogen-bond acceptors (Lipinski definition) is 4. The number of ether oxygens (including phenoxy) is 1. The van der Waals surface area contributed by atoms with Gasteiger partial charge in [0.15, 0.2) is 0 Å². The van der Waals surface area contributed by atoms with Crippen molar-refractivity contribution < 1.29 is 4.74 Å². The number of thiophene rings is 1. The Morgan fingerprint density at radius 2 is 2.10 bits per heavy atom. The molecule has 2 atom stereocenters. The van der Waals surface area contributed by atoms with Gasteiger partial charge >= 0.3 is 0 Å². The lowest BCUT2D eigenvalue weighted by atomic mass is 9.81. The summed E-state index contributed by atoms with van der Waals surface area (Å²) in [7, 11) is 0. The Morgan fingerprint density at radius 1 is 1.35 bits per heavy atom. The van der Waals surface area contributed by atoms with Crippen LogP contribution in [0.3, 0.4) is 0 Å². The molecule has 0 saturated carbocycles. The molecular formula is C16H25NOS2. The summed E-state index contributed by atoms with van der Waals surface area (Å²) in [5, 5.41) is 0. The molecule has 0 aliphatic carbocycles. The third kappa shape index (κ3) is 2.68. The molecule has 20 heavy (non-hydrogen) atoms. The maximum Gasteiger partial charge on any atom is 0.0681 e. The summed E-state index contributed by atoms with van der Waals surface area (Å²) in [6, 6.07) is 2.46. The van der Waals surface area contributed by atoms with Gasteiger partial charge in [-0.2, -0.15) is 11.8 Å². The highest BCUT2D eigenvalue weighted by molar-refractivity contribution is 7.98. The molecule has 0 bridgehead atoms. The second-order valence-corrected chi connectivity index (χ2v) is 9.47. The summed E-state index contributed by atoms with van der Waals surface area (Å²) in [5.74, 6) is 2.81. The summed E-state index contributed by atoms with van der Waals surface area (Å²) in [6.07, 6.45) is 2.26. The van der Waals surface area contributed by atoms with Gasteiger partial charge in [-0.3, -0.25) is 0 Å². The topological polar surface area (TPSA) is 35.2 Å². The van der Waals surface area contributed by atoms with Crippen LogP contribution in [0.4, 0.5) is 0 Å². The average Bonchev–Trinajstić information content (AvgIpc) is 2.85. The van der Waals surface area contributed by atoms with Crippen molar-refractivity contribution in [1.29, 1.82) is 0 Å². The van der Waals surface area contributed by atoms with Crippen LogP contribution in [-0.2, 0) is 16.9 Å². The fourth-order valence-electron chi connectivity index (χ4n) is 3.70. The Kier molecular flexibility index (Phi) is 3.73. The minimum absolute atomic E-state index is 0.0570. The van der Waals surface area contributed by atoms with Gasteiger partial charge in [-0.1, -0.05) is 0 Å². The van der Waals surface area contributed by atoms with Crippen LogP contribution in [0, 0.1) is 5.92 Å². The summed E-state index contributed by atoms with van der Waals surface area (Å²) >= 11 is 3.97. The molecule has 0 radical (unpaired) electrons. The minimum Gasteiger partial charge on any atom is -0.369 e. The van der Waals surface area contributed by atoms with E-state index in [1.807, 2.05) is 23.1 Å². The molecular weight excluding hydrogens is 286 g/mol. The van der Waals surface area contributed by atoms with Crippen molar-refractivity contribution in [3.63, 3.8) is 0 Å². The standard InChI is InChI=1S/C16H25NOS2/c1-15(2)8-11(16(3,4)18-15)14(17)13-7-10-9-19-6-5-12(10)20-13/h7,11,14H,5-6,8-9,17H2,1-4H3. The fourth-order valence-corrected chi connectivity index (χ4v) is 6.14. The van der Waals surface area contributed by atoms with Crippen molar-refractivity contribution in [2.45, 2.75) is 63.5 Å². The summed E-state index contributed by atoms with van der Waals surface area (Å²) in [5.41, 5.74) is 7.96. The number of thioether (sulfide) groups is 1. The van der Waals surface area contributed by atoms with E-state index in [4.69, 9.17) is 10.5 Å². The molecule has 1 aromatic rings. The fraction of sp³-hybridized carbons (Fsp3) is 0.750. The largest absolute Gasteiger partial charge is 0.369 e. The van der Waals surface area contributed by atoms with E-state index in [0.29, 0.717) is 5.92 Å². The molecule has 2 nitrogen and oxygen atoms in total. The Labute approximate surface area is 130 Å². The van der Waals surface area contributed by atoms with Crippen molar-refractivity contribution in [2.75, 3.05) is 5.75 Å². The predicted molar refractivity (Wildman–Crippen MR) is 88.5 cm³/mol. The Balaban J connectivity index is 1.85. The van der Waals surface area contributed by atoms with E-state index in [1.54, 1.807) is 4.88 Å². The number of hydrogen-bond donors (Lipinski definition) is 1. The van der Waals surface area contributed by atoms with Crippen LogP contribution in [0.2, 0.25) is 0 Å². The van der Waals surface area contributed by atoms with Gasteiger partial charge in [-0.05, 0) is 57.9 Å². The van der Waals surface area contributed by atoms with Crippen molar-refractivity contribution >= 4 is 23.1 Å². The van der Waals surface area contributed by atoms with E-state index >= 15 is 0 Å². The van der Waals surface area contributed by atoms with E-state index in [1.165, 1.54) is 22.6 Å². The first-order chi connectivity index (χ1) is 9.28. The summed E-state index contributed by atoms with van der Waals surface area (Å²) in [6.45, 7) is 8.74. The zero-order valence-electron chi connectivity index (χ0n) is 12.9. The zero-order valence-corrected chi connectivity index (χ0v) is 14.5. The molecule has 0 aromatic carbocycles. The molecule has 1 aromatic heterocycles. The zero-order chi connectivity index (χ0) is 14.5. The predicted octanol–water partition coefficient (Wildman–Crippen LogP) is 4.13. The number of nitrogens with two attached hydrogens (primary N) is 1. The van der Waals surface area contributed by atoms with E-state index in [9.17, 15) is 0 Å². The van der Waals surface area contributed by atoms with Crippen molar-refractivity contribution in [2.24, 2.45) is 11.7 Å². The highest BCUT2D eigenvalue weighted by atomic mass is 32.2. The number of fused-ring (bicyclic) bond motifs is 1. The maximum absolute atomic E-state index is 6.63. The van der Waals surface area contributed by atoms with Crippen LogP contribution in [-0.4, -0.2) is 17.0 Å². The SMILES string of the molecule is CC1(C)CC(C(N)c2cc3c(s2)CCSC3)C(C)(C)O1. The highest BCUT2D eigenvalue weighted by Crippen LogP contribution is 2.48. The van der Waals surface area contributed by atoms with Crippen LogP contribution in [0.15, 0.2) is 6.07 Å². The molecule has 2 N–H and O–H groups in total. The van der Waals surface area contributed by atoms with Crippen molar-refractivity contribution in [3.05, 3.63) is 21.4 Å². The Morgan fingerprint density at radius 3 is 2.70 bits per heavy atom. The molecule has 4 heteroatoms. The first-order valence-electron chi connectivity index (χ1n) is 7.43. The number of rotatable bonds is 2. The first-order valence-corrected chi connectivity index (χ1v) is 9.41.